The third kappa shape index (κ3) is 3.56. The Balaban J connectivity index is 1.74. The van der Waals surface area contributed by atoms with Crippen molar-refractivity contribution in [3.8, 4) is 0 Å². The predicted octanol–water partition coefficient (Wildman–Crippen LogP) is 1.37. The molecule has 0 saturated heterocycles. The molecule has 0 saturated carbocycles. The van der Waals surface area contributed by atoms with Crippen LogP contribution in [0.4, 0.5) is 5.82 Å². The molecule has 18 heavy (non-hydrogen) atoms. The Kier molecular flexibility index (Phi) is 4.30. The largest absolute Gasteiger partial charge is 0.335 e. The van der Waals surface area contributed by atoms with Crippen molar-refractivity contribution >= 4 is 23.0 Å². The molecule has 7 heteroatoms. The first-order valence-electron chi connectivity index (χ1n) is 5.68. The number of pyridine rings is 1. The molecule has 2 rings (SSSR count). The third-order valence-corrected chi connectivity index (χ3v) is 2.75. The van der Waals surface area contributed by atoms with Crippen LogP contribution in [0.3, 0.4) is 0 Å². The van der Waals surface area contributed by atoms with Gasteiger partial charge in [-0.1, -0.05) is 18.3 Å². The van der Waals surface area contributed by atoms with Gasteiger partial charge in [-0.25, -0.2) is 9.67 Å². The Hall–Kier alpha value is -1.89. The molecule has 1 N–H and O–H groups in total. The van der Waals surface area contributed by atoms with E-state index in [0.717, 1.165) is 35.9 Å². The second-order valence-corrected chi connectivity index (χ2v) is 4.33. The smallest absolute Gasteiger partial charge is 0.150 e. The molecule has 0 aliphatic carbocycles. The summed E-state index contributed by atoms with van der Waals surface area (Å²) in [6, 6.07) is 5.68. The Morgan fingerprint density at radius 2 is 2.33 bits per heavy atom. The van der Waals surface area contributed by atoms with Crippen LogP contribution in [0.1, 0.15) is 18.7 Å². The van der Waals surface area contributed by atoms with E-state index >= 15 is 0 Å². The van der Waals surface area contributed by atoms with Crippen LogP contribution in [-0.2, 0) is 13.5 Å². The second-order valence-electron chi connectivity index (χ2n) is 3.84. The maximum Gasteiger partial charge on any atom is 0.150 e. The van der Waals surface area contributed by atoms with Crippen LogP contribution in [-0.4, -0.2) is 30.2 Å². The molecule has 0 aromatic carbocycles. The van der Waals surface area contributed by atoms with Gasteiger partial charge in [-0.3, -0.25) is 0 Å². The molecule has 2 aromatic heterocycles. The van der Waals surface area contributed by atoms with E-state index < -0.39 is 0 Å². The van der Waals surface area contributed by atoms with Crippen molar-refractivity contribution < 1.29 is 0 Å². The molecule has 0 aliphatic heterocycles. The fourth-order valence-electron chi connectivity index (χ4n) is 1.51. The minimum atomic E-state index is 0.780. The van der Waals surface area contributed by atoms with Crippen LogP contribution in [0.25, 0.3) is 0 Å². The average molecular weight is 262 g/mol. The SMILES string of the molecule is Cn1nnnc1CCCC(=S)Nc1ccccn1. The van der Waals surface area contributed by atoms with Gasteiger partial charge in [0.25, 0.3) is 0 Å². The van der Waals surface area contributed by atoms with Gasteiger partial charge < -0.3 is 5.32 Å². The normalized spacial score (nSPS) is 10.3. The molecule has 0 atom stereocenters. The van der Waals surface area contributed by atoms with Crippen molar-refractivity contribution in [3.63, 3.8) is 0 Å². The van der Waals surface area contributed by atoms with Crippen LogP contribution in [0.15, 0.2) is 24.4 Å². The Labute approximate surface area is 110 Å². The highest BCUT2D eigenvalue weighted by molar-refractivity contribution is 7.80. The highest BCUT2D eigenvalue weighted by Gasteiger charge is 2.03. The molecule has 6 nitrogen and oxygen atoms in total. The van der Waals surface area contributed by atoms with Crippen molar-refractivity contribution in [2.45, 2.75) is 19.3 Å². The van der Waals surface area contributed by atoms with Gasteiger partial charge in [-0.05, 0) is 35.4 Å². The van der Waals surface area contributed by atoms with E-state index in [9.17, 15) is 0 Å². The first-order valence-corrected chi connectivity index (χ1v) is 6.08. The lowest BCUT2D eigenvalue weighted by Gasteiger charge is -2.06. The molecule has 2 aromatic rings. The first-order chi connectivity index (χ1) is 8.75. The highest BCUT2D eigenvalue weighted by atomic mass is 32.1. The highest BCUT2D eigenvalue weighted by Crippen LogP contribution is 2.05. The minimum absolute atomic E-state index is 0.780. The number of nitrogens with zero attached hydrogens (tertiary/aromatic N) is 5. The third-order valence-electron chi connectivity index (χ3n) is 2.44. The number of aromatic nitrogens is 5. The molecule has 0 fully saturated rings. The van der Waals surface area contributed by atoms with Gasteiger partial charge in [-0.2, -0.15) is 0 Å². The van der Waals surface area contributed by atoms with Crippen molar-refractivity contribution in [2.24, 2.45) is 7.05 Å². The number of thiocarbonyl (C=S) groups is 1. The number of anilines is 1. The van der Waals surface area contributed by atoms with Gasteiger partial charge in [-0.15, -0.1) is 5.10 Å². The number of nitrogens with one attached hydrogen (secondary N) is 1. The molecule has 0 unspecified atom stereocenters. The van der Waals surface area contributed by atoms with E-state index in [4.69, 9.17) is 12.2 Å². The first kappa shape index (κ1) is 12.6. The summed E-state index contributed by atoms with van der Waals surface area (Å²) in [7, 11) is 1.83. The van der Waals surface area contributed by atoms with Gasteiger partial charge in [0, 0.05) is 19.7 Å². The fraction of sp³-hybridized carbons (Fsp3) is 0.364. The fourth-order valence-corrected chi connectivity index (χ4v) is 1.76. The topological polar surface area (TPSA) is 68.5 Å². The van der Waals surface area contributed by atoms with Crippen LogP contribution in [0.5, 0.6) is 0 Å². The van der Waals surface area contributed by atoms with E-state index in [0.29, 0.717) is 0 Å². The van der Waals surface area contributed by atoms with Gasteiger partial charge in [0.15, 0.2) is 5.82 Å². The van der Waals surface area contributed by atoms with Crippen LogP contribution < -0.4 is 5.32 Å². The molecule has 0 spiro atoms. The Morgan fingerprint density at radius 3 is 3.00 bits per heavy atom. The summed E-state index contributed by atoms with van der Waals surface area (Å²) in [6.07, 6.45) is 4.25. The Bertz CT molecular complexity index is 509. The summed E-state index contributed by atoms with van der Waals surface area (Å²) in [4.78, 5) is 4.94. The number of hydrogen-bond acceptors (Lipinski definition) is 5. The zero-order valence-electron chi connectivity index (χ0n) is 10.1. The van der Waals surface area contributed by atoms with E-state index in [-0.39, 0.29) is 0 Å². The number of hydrogen-bond donors (Lipinski definition) is 1. The zero-order valence-corrected chi connectivity index (χ0v) is 10.9. The van der Waals surface area contributed by atoms with Crippen LogP contribution >= 0.6 is 12.2 Å². The molecule has 0 amide bonds. The second kappa shape index (κ2) is 6.15. The average Bonchev–Trinajstić information content (AvgIpc) is 2.76. The van der Waals surface area contributed by atoms with Crippen LogP contribution in [0.2, 0.25) is 0 Å². The van der Waals surface area contributed by atoms with E-state index in [1.165, 1.54) is 0 Å². The van der Waals surface area contributed by atoms with Crippen molar-refractivity contribution in [1.82, 2.24) is 25.2 Å². The quantitative estimate of drug-likeness (QED) is 0.821. The van der Waals surface area contributed by atoms with Gasteiger partial charge in [0.1, 0.15) is 5.82 Å². The van der Waals surface area contributed by atoms with Gasteiger partial charge in [0.05, 0.1) is 4.99 Å². The van der Waals surface area contributed by atoms with E-state index in [1.54, 1.807) is 10.9 Å². The monoisotopic (exact) mass is 262 g/mol. The number of aryl methyl sites for hydroxylation is 2. The summed E-state index contributed by atoms with van der Waals surface area (Å²) < 4.78 is 1.68. The lowest BCUT2D eigenvalue weighted by atomic mass is 10.2. The zero-order chi connectivity index (χ0) is 12.8. The summed E-state index contributed by atoms with van der Waals surface area (Å²) in [6.45, 7) is 0. The molecule has 0 bridgehead atoms. The summed E-state index contributed by atoms with van der Waals surface area (Å²) in [5.74, 6) is 1.65. The van der Waals surface area contributed by atoms with Crippen molar-refractivity contribution in [2.75, 3.05) is 5.32 Å². The van der Waals surface area contributed by atoms with Gasteiger partial charge in [0.2, 0.25) is 0 Å². The van der Waals surface area contributed by atoms with E-state index in [2.05, 4.69) is 25.8 Å². The standard InChI is InChI=1S/C11H14N6S/c1-17-10(14-15-16-17)6-4-7-11(18)13-9-5-2-3-8-12-9/h2-3,5,8H,4,6-7H2,1H3,(H,12,13,18). The number of rotatable bonds is 5. The molecule has 0 radical (unpaired) electrons. The maximum atomic E-state index is 5.25. The van der Waals surface area contributed by atoms with Gasteiger partial charge >= 0.3 is 0 Å². The molecule has 2 heterocycles. The van der Waals surface area contributed by atoms with E-state index in [1.807, 2.05) is 25.2 Å². The summed E-state index contributed by atoms with van der Waals surface area (Å²) in [5.41, 5.74) is 0. The van der Waals surface area contributed by atoms with Crippen molar-refractivity contribution in [1.29, 1.82) is 0 Å². The maximum absolute atomic E-state index is 5.25. The molecule has 0 aliphatic rings. The number of tetrazole rings is 1. The predicted molar refractivity (Wildman–Crippen MR) is 72.2 cm³/mol. The molecular weight excluding hydrogens is 248 g/mol. The lowest BCUT2D eigenvalue weighted by Crippen LogP contribution is -2.10. The van der Waals surface area contributed by atoms with Crippen molar-refractivity contribution in [3.05, 3.63) is 30.2 Å². The van der Waals surface area contributed by atoms with Crippen LogP contribution in [0, 0.1) is 0 Å². The Morgan fingerprint density at radius 1 is 1.44 bits per heavy atom. The molecular formula is C11H14N6S. The summed E-state index contributed by atoms with van der Waals surface area (Å²) in [5, 5.41) is 14.4. The minimum Gasteiger partial charge on any atom is -0.335 e. The summed E-state index contributed by atoms with van der Waals surface area (Å²) >= 11 is 5.25. The lowest BCUT2D eigenvalue weighted by molar-refractivity contribution is 0.664. The molecule has 94 valence electrons.